The molecule has 2 N–H and O–H groups in total. The van der Waals surface area contributed by atoms with E-state index in [4.69, 9.17) is 0 Å². The summed E-state index contributed by atoms with van der Waals surface area (Å²) in [5.41, 5.74) is 5.96. The van der Waals surface area contributed by atoms with E-state index in [-0.39, 0.29) is 10.4 Å². The monoisotopic (exact) mass is 312 g/mol. The first-order valence-corrected chi connectivity index (χ1v) is 8.72. The van der Waals surface area contributed by atoms with Crippen LogP contribution in [0.4, 0.5) is 5.82 Å². The maximum atomic E-state index is 12.5. The smallest absolute Gasteiger partial charge is 0.244 e. The van der Waals surface area contributed by atoms with Crippen LogP contribution in [0.2, 0.25) is 0 Å². The molecule has 1 aromatic rings. The minimum Gasteiger partial charge on any atom is -0.305 e. The molecule has 0 aromatic carbocycles. The van der Waals surface area contributed by atoms with Crippen LogP contribution in [-0.2, 0) is 10.0 Å². The van der Waals surface area contributed by atoms with E-state index in [0.29, 0.717) is 18.9 Å². The Labute approximate surface area is 127 Å². The predicted molar refractivity (Wildman–Crippen MR) is 83.4 cm³/mol. The van der Waals surface area contributed by atoms with Gasteiger partial charge in [-0.25, -0.2) is 18.8 Å². The molecule has 118 valence electrons. The summed E-state index contributed by atoms with van der Waals surface area (Å²) in [4.78, 5) is 4.42. The molecule has 0 aliphatic carbocycles. The molecule has 7 heteroatoms. The number of anilines is 1. The van der Waals surface area contributed by atoms with E-state index in [1.807, 2.05) is 20.8 Å². The number of hydrogen-bond donors (Lipinski definition) is 2. The molecule has 0 bridgehead atoms. The van der Waals surface area contributed by atoms with Crippen molar-refractivity contribution in [3.8, 4) is 0 Å². The van der Waals surface area contributed by atoms with Gasteiger partial charge in [0.05, 0.1) is 0 Å². The van der Waals surface area contributed by atoms with Crippen LogP contribution >= 0.6 is 0 Å². The highest BCUT2D eigenvalue weighted by Gasteiger charge is 2.26. The highest BCUT2D eigenvalue weighted by Crippen LogP contribution is 2.20. The molecule has 2 rings (SSSR count). The van der Waals surface area contributed by atoms with Crippen molar-refractivity contribution >= 4 is 15.8 Å². The molecule has 2 heterocycles. The van der Waals surface area contributed by atoms with Gasteiger partial charge in [-0.3, -0.25) is 0 Å². The van der Waals surface area contributed by atoms with E-state index >= 15 is 0 Å². The fraction of sp³-hybridized carbons (Fsp3) is 0.643. The van der Waals surface area contributed by atoms with Gasteiger partial charge in [0.2, 0.25) is 10.0 Å². The van der Waals surface area contributed by atoms with Crippen LogP contribution in [-0.4, -0.2) is 36.3 Å². The molecule has 0 radical (unpaired) electrons. The van der Waals surface area contributed by atoms with Gasteiger partial charge >= 0.3 is 0 Å². The van der Waals surface area contributed by atoms with E-state index < -0.39 is 10.0 Å². The van der Waals surface area contributed by atoms with Gasteiger partial charge < -0.3 is 5.43 Å². The number of hydrogen-bond acceptors (Lipinski definition) is 5. The van der Waals surface area contributed by atoms with Crippen molar-refractivity contribution in [2.24, 2.45) is 0 Å². The number of sulfonamides is 1. The van der Waals surface area contributed by atoms with Gasteiger partial charge in [0.25, 0.3) is 0 Å². The SMILES string of the molecule is CC(C)(C)NNc1ccc(S(=O)(=O)N2CCCCC2)cn1. The maximum Gasteiger partial charge on any atom is 0.244 e. The molecule has 0 spiro atoms. The van der Waals surface area contributed by atoms with Crippen molar-refractivity contribution in [2.45, 2.75) is 50.5 Å². The molecule has 1 saturated heterocycles. The number of pyridine rings is 1. The van der Waals surface area contributed by atoms with Crippen LogP contribution in [0.3, 0.4) is 0 Å². The number of rotatable bonds is 4. The Kier molecular flexibility index (Phi) is 4.85. The lowest BCUT2D eigenvalue weighted by Crippen LogP contribution is -2.40. The molecule has 1 aromatic heterocycles. The standard InChI is InChI=1S/C14H24N4O2S/c1-14(2,3)17-16-13-8-7-12(11-15-13)21(19,20)18-9-5-4-6-10-18/h7-8,11,17H,4-6,9-10H2,1-3H3,(H,15,16). The molecule has 1 fully saturated rings. The summed E-state index contributed by atoms with van der Waals surface area (Å²) >= 11 is 0. The third-order valence-electron chi connectivity index (χ3n) is 3.25. The summed E-state index contributed by atoms with van der Waals surface area (Å²) in [5, 5.41) is 0. The summed E-state index contributed by atoms with van der Waals surface area (Å²) in [6, 6.07) is 3.28. The molecule has 21 heavy (non-hydrogen) atoms. The molecule has 1 aliphatic heterocycles. The summed E-state index contributed by atoms with van der Waals surface area (Å²) in [6.45, 7) is 7.28. The molecule has 1 aliphatic rings. The van der Waals surface area contributed by atoms with Crippen LogP contribution in [0.15, 0.2) is 23.2 Å². The minimum atomic E-state index is -3.40. The van der Waals surface area contributed by atoms with Crippen LogP contribution in [0.1, 0.15) is 40.0 Å². The number of hydrazine groups is 1. The molecule has 6 nitrogen and oxygen atoms in total. The lowest BCUT2D eigenvalue weighted by molar-refractivity contribution is 0.346. The number of aromatic nitrogens is 1. The van der Waals surface area contributed by atoms with E-state index in [1.54, 1.807) is 16.4 Å². The first-order valence-electron chi connectivity index (χ1n) is 7.28. The highest BCUT2D eigenvalue weighted by atomic mass is 32.2. The summed E-state index contributed by atoms with van der Waals surface area (Å²) in [6.07, 6.45) is 4.38. The number of piperidine rings is 1. The van der Waals surface area contributed by atoms with Gasteiger partial charge in [-0.05, 0) is 45.7 Å². The number of nitrogens with one attached hydrogen (secondary N) is 2. The first kappa shape index (κ1) is 16.2. The Morgan fingerprint density at radius 2 is 1.81 bits per heavy atom. The zero-order chi connectivity index (χ0) is 15.5. The largest absolute Gasteiger partial charge is 0.305 e. The maximum absolute atomic E-state index is 12.5. The van der Waals surface area contributed by atoms with Crippen molar-refractivity contribution in [3.05, 3.63) is 18.3 Å². The van der Waals surface area contributed by atoms with E-state index in [9.17, 15) is 8.42 Å². The topological polar surface area (TPSA) is 74.3 Å². The molecule has 0 amide bonds. The van der Waals surface area contributed by atoms with Crippen LogP contribution in [0, 0.1) is 0 Å². The van der Waals surface area contributed by atoms with Gasteiger partial charge in [-0.1, -0.05) is 6.42 Å². The van der Waals surface area contributed by atoms with E-state index in [1.165, 1.54) is 6.20 Å². The quantitative estimate of drug-likeness (QED) is 0.832. The average molecular weight is 312 g/mol. The Morgan fingerprint density at radius 3 is 2.33 bits per heavy atom. The second kappa shape index (κ2) is 6.29. The summed E-state index contributed by atoms with van der Waals surface area (Å²) in [7, 11) is -3.40. The normalized spacial score (nSPS) is 17.7. The fourth-order valence-corrected chi connectivity index (χ4v) is 3.58. The van der Waals surface area contributed by atoms with E-state index in [0.717, 1.165) is 19.3 Å². The van der Waals surface area contributed by atoms with Gasteiger partial charge in [0, 0.05) is 24.8 Å². The second-order valence-electron chi connectivity index (χ2n) is 6.34. The summed E-state index contributed by atoms with van der Waals surface area (Å²) < 4.78 is 26.5. The Bertz CT molecular complexity index is 558. The molecular weight excluding hydrogens is 288 g/mol. The van der Waals surface area contributed by atoms with Gasteiger partial charge in [0.1, 0.15) is 10.7 Å². The van der Waals surface area contributed by atoms with Crippen LogP contribution in [0.25, 0.3) is 0 Å². The minimum absolute atomic E-state index is 0.0970. The molecular formula is C14H24N4O2S. The zero-order valence-electron chi connectivity index (χ0n) is 12.9. The van der Waals surface area contributed by atoms with Crippen LogP contribution in [0.5, 0.6) is 0 Å². The predicted octanol–water partition coefficient (Wildman–Crippen LogP) is 1.97. The van der Waals surface area contributed by atoms with E-state index in [2.05, 4.69) is 15.8 Å². The van der Waals surface area contributed by atoms with Crippen molar-refractivity contribution in [1.82, 2.24) is 14.7 Å². The van der Waals surface area contributed by atoms with Crippen LogP contribution < -0.4 is 10.9 Å². The fourth-order valence-electron chi connectivity index (χ4n) is 2.11. The average Bonchev–Trinajstić information content (AvgIpc) is 2.46. The lowest BCUT2D eigenvalue weighted by atomic mass is 10.1. The molecule has 0 unspecified atom stereocenters. The van der Waals surface area contributed by atoms with Crippen molar-refractivity contribution < 1.29 is 8.42 Å². The number of nitrogens with zero attached hydrogens (tertiary/aromatic N) is 2. The lowest BCUT2D eigenvalue weighted by Gasteiger charge is -2.26. The third kappa shape index (κ3) is 4.39. The van der Waals surface area contributed by atoms with Gasteiger partial charge in [-0.15, -0.1) is 0 Å². The highest BCUT2D eigenvalue weighted by molar-refractivity contribution is 7.89. The van der Waals surface area contributed by atoms with Gasteiger partial charge in [-0.2, -0.15) is 4.31 Å². The Hall–Kier alpha value is -1.18. The van der Waals surface area contributed by atoms with Crippen molar-refractivity contribution in [2.75, 3.05) is 18.5 Å². The Morgan fingerprint density at radius 1 is 1.14 bits per heavy atom. The molecule has 0 atom stereocenters. The van der Waals surface area contributed by atoms with Crippen molar-refractivity contribution in [3.63, 3.8) is 0 Å². The summed E-state index contributed by atoms with van der Waals surface area (Å²) in [5.74, 6) is 0.600. The third-order valence-corrected chi connectivity index (χ3v) is 5.14. The Balaban J connectivity index is 2.07. The molecule has 0 saturated carbocycles. The van der Waals surface area contributed by atoms with Gasteiger partial charge in [0.15, 0.2) is 0 Å². The van der Waals surface area contributed by atoms with Crippen molar-refractivity contribution in [1.29, 1.82) is 0 Å². The first-order chi connectivity index (χ1) is 9.79. The second-order valence-corrected chi connectivity index (χ2v) is 8.28. The zero-order valence-corrected chi connectivity index (χ0v) is 13.7.